The van der Waals surface area contributed by atoms with Gasteiger partial charge in [0.1, 0.15) is 5.75 Å². The lowest BCUT2D eigenvalue weighted by Gasteiger charge is -2.10. The molecule has 0 unspecified atom stereocenters. The van der Waals surface area contributed by atoms with E-state index in [2.05, 4.69) is 4.72 Å². The summed E-state index contributed by atoms with van der Waals surface area (Å²) in [4.78, 5) is 2.27. The molecule has 0 heterocycles. The Labute approximate surface area is 109 Å². The number of hydrogen-bond acceptors (Lipinski definition) is 4. The van der Waals surface area contributed by atoms with Crippen LogP contribution in [0.1, 0.15) is 6.42 Å². The molecular formula is C12H20N2O3S. The van der Waals surface area contributed by atoms with Crippen molar-refractivity contribution in [2.45, 2.75) is 11.3 Å². The van der Waals surface area contributed by atoms with E-state index in [0.717, 1.165) is 13.0 Å². The molecule has 0 atom stereocenters. The maximum absolute atomic E-state index is 11.9. The van der Waals surface area contributed by atoms with Crippen LogP contribution in [0.4, 0.5) is 0 Å². The highest BCUT2D eigenvalue weighted by Gasteiger charge is 2.12. The molecule has 0 aromatic heterocycles. The molecule has 0 spiro atoms. The van der Waals surface area contributed by atoms with Crippen LogP contribution in [-0.4, -0.2) is 47.6 Å². The van der Waals surface area contributed by atoms with Crippen molar-refractivity contribution >= 4 is 10.0 Å². The predicted octanol–water partition coefficient (Wildman–Crippen LogP) is 0.925. The van der Waals surface area contributed by atoms with Crippen LogP contribution in [0.5, 0.6) is 5.75 Å². The zero-order chi connectivity index (χ0) is 13.6. The van der Waals surface area contributed by atoms with Gasteiger partial charge in [-0.2, -0.15) is 0 Å². The minimum atomic E-state index is -3.41. The molecule has 1 rings (SSSR count). The van der Waals surface area contributed by atoms with E-state index in [4.69, 9.17) is 4.74 Å². The fraction of sp³-hybridized carbons (Fsp3) is 0.500. The topological polar surface area (TPSA) is 58.6 Å². The van der Waals surface area contributed by atoms with Crippen LogP contribution < -0.4 is 9.46 Å². The Bertz CT molecular complexity index is 455. The Morgan fingerprint density at radius 2 is 1.83 bits per heavy atom. The average molecular weight is 272 g/mol. The second kappa shape index (κ2) is 6.72. The lowest BCUT2D eigenvalue weighted by atomic mass is 10.3. The second-order valence-electron chi connectivity index (χ2n) is 4.23. The van der Waals surface area contributed by atoms with Gasteiger partial charge in [0.25, 0.3) is 0 Å². The number of sulfonamides is 1. The minimum Gasteiger partial charge on any atom is -0.497 e. The van der Waals surface area contributed by atoms with Crippen LogP contribution in [0.2, 0.25) is 0 Å². The summed E-state index contributed by atoms with van der Waals surface area (Å²) >= 11 is 0. The molecule has 0 fully saturated rings. The minimum absolute atomic E-state index is 0.258. The lowest BCUT2D eigenvalue weighted by Crippen LogP contribution is -2.27. The van der Waals surface area contributed by atoms with E-state index < -0.39 is 10.0 Å². The highest BCUT2D eigenvalue weighted by Crippen LogP contribution is 2.15. The van der Waals surface area contributed by atoms with E-state index in [9.17, 15) is 8.42 Å². The Morgan fingerprint density at radius 3 is 2.33 bits per heavy atom. The van der Waals surface area contributed by atoms with Gasteiger partial charge in [0, 0.05) is 6.54 Å². The Kier molecular flexibility index (Phi) is 5.58. The third-order valence-corrected chi connectivity index (χ3v) is 3.92. The number of ether oxygens (including phenoxy) is 1. The van der Waals surface area contributed by atoms with Gasteiger partial charge in [0.05, 0.1) is 12.0 Å². The first-order valence-electron chi connectivity index (χ1n) is 5.74. The molecule has 0 amide bonds. The Balaban J connectivity index is 2.57. The third-order valence-electron chi connectivity index (χ3n) is 2.44. The lowest BCUT2D eigenvalue weighted by molar-refractivity contribution is 0.400. The first kappa shape index (κ1) is 14.9. The van der Waals surface area contributed by atoms with Crippen molar-refractivity contribution in [1.82, 2.24) is 9.62 Å². The van der Waals surface area contributed by atoms with Gasteiger partial charge in [-0.15, -0.1) is 0 Å². The molecule has 0 aliphatic carbocycles. The van der Waals surface area contributed by atoms with Gasteiger partial charge < -0.3 is 9.64 Å². The standard InChI is InChI=1S/C12H20N2O3S/c1-14(2)10-4-9-13-18(15,16)12-7-5-11(17-3)6-8-12/h5-8,13H,4,9-10H2,1-3H3. The number of rotatable bonds is 7. The molecule has 6 heteroatoms. The van der Waals surface area contributed by atoms with E-state index >= 15 is 0 Å². The van der Waals surface area contributed by atoms with E-state index in [1.54, 1.807) is 19.2 Å². The largest absolute Gasteiger partial charge is 0.497 e. The molecule has 0 aliphatic heterocycles. The second-order valence-corrected chi connectivity index (χ2v) is 6.00. The predicted molar refractivity (Wildman–Crippen MR) is 71.4 cm³/mol. The SMILES string of the molecule is COc1ccc(S(=O)(=O)NCCCN(C)C)cc1. The van der Waals surface area contributed by atoms with Gasteiger partial charge in [0.15, 0.2) is 0 Å². The summed E-state index contributed by atoms with van der Waals surface area (Å²) in [7, 11) is 2.05. The van der Waals surface area contributed by atoms with Crippen LogP contribution >= 0.6 is 0 Å². The van der Waals surface area contributed by atoms with E-state index in [0.29, 0.717) is 12.3 Å². The number of hydrogen-bond donors (Lipinski definition) is 1. The average Bonchev–Trinajstić information content (AvgIpc) is 2.34. The van der Waals surface area contributed by atoms with Gasteiger partial charge in [-0.05, 0) is 51.3 Å². The molecular weight excluding hydrogens is 252 g/mol. The summed E-state index contributed by atoms with van der Waals surface area (Å²) in [6.45, 7) is 1.29. The Morgan fingerprint density at radius 1 is 1.22 bits per heavy atom. The number of nitrogens with zero attached hydrogens (tertiary/aromatic N) is 1. The zero-order valence-corrected chi connectivity index (χ0v) is 11.8. The molecule has 0 saturated heterocycles. The molecule has 0 saturated carbocycles. The molecule has 1 N–H and O–H groups in total. The molecule has 18 heavy (non-hydrogen) atoms. The molecule has 102 valence electrons. The first-order valence-corrected chi connectivity index (χ1v) is 7.22. The fourth-order valence-corrected chi connectivity index (χ4v) is 2.51. The Hall–Kier alpha value is -1.11. The van der Waals surface area contributed by atoms with Crippen molar-refractivity contribution in [2.24, 2.45) is 0 Å². The van der Waals surface area contributed by atoms with Gasteiger partial charge in [-0.3, -0.25) is 0 Å². The van der Waals surface area contributed by atoms with Crippen molar-refractivity contribution in [2.75, 3.05) is 34.3 Å². The number of nitrogens with one attached hydrogen (secondary N) is 1. The summed E-state index contributed by atoms with van der Waals surface area (Å²) < 4.78 is 31.4. The van der Waals surface area contributed by atoms with Gasteiger partial charge in [-0.25, -0.2) is 13.1 Å². The number of methoxy groups -OCH3 is 1. The molecule has 5 nitrogen and oxygen atoms in total. The van der Waals surface area contributed by atoms with Crippen LogP contribution in [0.3, 0.4) is 0 Å². The molecule has 0 aliphatic rings. The summed E-state index contributed by atoms with van der Waals surface area (Å²) in [6, 6.07) is 6.34. The van der Waals surface area contributed by atoms with E-state index in [-0.39, 0.29) is 4.90 Å². The maximum atomic E-state index is 11.9. The molecule has 1 aromatic carbocycles. The summed E-state index contributed by atoms with van der Waals surface area (Å²) in [5, 5.41) is 0. The number of benzene rings is 1. The van der Waals surface area contributed by atoms with Crippen molar-refractivity contribution < 1.29 is 13.2 Å². The normalized spacial score (nSPS) is 11.8. The van der Waals surface area contributed by atoms with Crippen molar-refractivity contribution in [3.63, 3.8) is 0 Å². The quantitative estimate of drug-likeness (QED) is 0.750. The smallest absolute Gasteiger partial charge is 0.240 e. The van der Waals surface area contributed by atoms with Crippen molar-refractivity contribution in [3.05, 3.63) is 24.3 Å². The zero-order valence-electron chi connectivity index (χ0n) is 11.0. The van der Waals surface area contributed by atoms with Crippen molar-refractivity contribution in [1.29, 1.82) is 0 Å². The van der Waals surface area contributed by atoms with Crippen LogP contribution in [0, 0.1) is 0 Å². The highest BCUT2D eigenvalue weighted by molar-refractivity contribution is 7.89. The van der Waals surface area contributed by atoms with E-state index in [1.165, 1.54) is 12.1 Å². The third kappa shape index (κ3) is 4.64. The summed E-state index contributed by atoms with van der Waals surface area (Å²) in [6.07, 6.45) is 0.780. The monoisotopic (exact) mass is 272 g/mol. The summed E-state index contributed by atoms with van der Waals surface area (Å²) in [5.74, 6) is 0.640. The van der Waals surface area contributed by atoms with Crippen molar-refractivity contribution in [3.8, 4) is 5.75 Å². The summed E-state index contributed by atoms with van der Waals surface area (Å²) in [5.41, 5.74) is 0. The van der Waals surface area contributed by atoms with Gasteiger partial charge in [0.2, 0.25) is 10.0 Å². The highest BCUT2D eigenvalue weighted by atomic mass is 32.2. The molecule has 0 radical (unpaired) electrons. The maximum Gasteiger partial charge on any atom is 0.240 e. The van der Waals surface area contributed by atoms with E-state index in [1.807, 2.05) is 19.0 Å². The van der Waals surface area contributed by atoms with Gasteiger partial charge >= 0.3 is 0 Å². The fourth-order valence-electron chi connectivity index (χ4n) is 1.44. The molecule has 1 aromatic rings. The van der Waals surface area contributed by atoms with Crippen LogP contribution in [0.15, 0.2) is 29.2 Å². The first-order chi connectivity index (χ1) is 8.45. The van der Waals surface area contributed by atoms with Crippen LogP contribution in [0.25, 0.3) is 0 Å². The van der Waals surface area contributed by atoms with Crippen LogP contribution in [-0.2, 0) is 10.0 Å². The molecule has 0 bridgehead atoms. The van der Waals surface area contributed by atoms with Gasteiger partial charge in [-0.1, -0.05) is 0 Å².